The van der Waals surface area contributed by atoms with Gasteiger partial charge in [0.2, 0.25) is 0 Å². The molecule has 0 unspecified atom stereocenters. The van der Waals surface area contributed by atoms with E-state index in [2.05, 4.69) is 18.7 Å². The molecule has 16 heavy (non-hydrogen) atoms. The zero-order chi connectivity index (χ0) is 12.2. The van der Waals surface area contributed by atoms with Gasteiger partial charge in [0.25, 0.3) is 0 Å². The highest BCUT2D eigenvalue weighted by Crippen LogP contribution is 2.28. The van der Waals surface area contributed by atoms with E-state index < -0.39 is 5.60 Å². The van der Waals surface area contributed by atoms with Gasteiger partial charge in [-0.15, -0.1) is 0 Å². The first kappa shape index (κ1) is 13.7. The Morgan fingerprint density at radius 3 is 2.19 bits per heavy atom. The highest BCUT2D eigenvalue weighted by molar-refractivity contribution is 5.59. The van der Waals surface area contributed by atoms with E-state index in [4.69, 9.17) is 0 Å². The minimum Gasteiger partial charge on any atom is -0.390 e. The molecule has 0 bridgehead atoms. The van der Waals surface area contributed by atoms with Gasteiger partial charge in [-0.1, -0.05) is 13.8 Å². The Hall–Kier alpha value is -0.410. The largest absolute Gasteiger partial charge is 0.390 e. The van der Waals surface area contributed by atoms with Crippen molar-refractivity contribution in [2.75, 3.05) is 19.6 Å². The van der Waals surface area contributed by atoms with Crippen molar-refractivity contribution >= 4 is 6.29 Å². The van der Waals surface area contributed by atoms with E-state index in [-0.39, 0.29) is 5.41 Å². The van der Waals surface area contributed by atoms with Gasteiger partial charge in [0.1, 0.15) is 6.29 Å². The van der Waals surface area contributed by atoms with E-state index >= 15 is 0 Å². The van der Waals surface area contributed by atoms with Gasteiger partial charge >= 0.3 is 0 Å². The molecule has 0 atom stereocenters. The van der Waals surface area contributed by atoms with E-state index in [1.54, 1.807) is 0 Å². The Labute approximate surface area is 98.8 Å². The van der Waals surface area contributed by atoms with Gasteiger partial charge in [0.05, 0.1) is 5.60 Å². The second kappa shape index (κ2) is 5.28. The molecule has 1 rings (SSSR count). The molecule has 3 nitrogen and oxygen atoms in total. The third-order valence-electron chi connectivity index (χ3n) is 4.13. The van der Waals surface area contributed by atoms with Crippen LogP contribution in [0.4, 0.5) is 0 Å². The lowest BCUT2D eigenvalue weighted by atomic mass is 9.82. The third-order valence-corrected chi connectivity index (χ3v) is 4.13. The van der Waals surface area contributed by atoms with Crippen molar-refractivity contribution in [2.45, 2.75) is 52.1 Å². The standard InChI is InChI=1S/C13H25NO2/c1-4-13(5-2,11-15)10-14-8-6-12(3,16)7-9-14/h11,16H,4-10H2,1-3H3. The average Bonchev–Trinajstić information content (AvgIpc) is 2.29. The molecule has 0 aromatic heterocycles. The SMILES string of the molecule is CCC(C=O)(CC)CN1CCC(C)(O)CC1. The summed E-state index contributed by atoms with van der Waals surface area (Å²) < 4.78 is 0. The Balaban J connectivity index is 2.52. The molecule has 0 aliphatic carbocycles. The highest BCUT2D eigenvalue weighted by Gasteiger charge is 2.33. The van der Waals surface area contributed by atoms with Crippen molar-refractivity contribution in [3.8, 4) is 0 Å². The number of likely N-dealkylation sites (tertiary alicyclic amines) is 1. The summed E-state index contributed by atoms with van der Waals surface area (Å²) in [7, 11) is 0. The van der Waals surface area contributed by atoms with Crippen LogP contribution in [-0.2, 0) is 4.79 Å². The number of rotatable bonds is 5. The number of carbonyl (C=O) groups excluding carboxylic acids is 1. The minimum atomic E-state index is -0.501. The number of aldehydes is 1. The van der Waals surface area contributed by atoms with Gasteiger partial charge in [-0.2, -0.15) is 0 Å². The molecule has 1 heterocycles. The van der Waals surface area contributed by atoms with Gasteiger partial charge in [-0.3, -0.25) is 0 Å². The van der Waals surface area contributed by atoms with Crippen molar-refractivity contribution < 1.29 is 9.90 Å². The number of carbonyl (C=O) groups is 1. The van der Waals surface area contributed by atoms with Crippen LogP contribution in [0.25, 0.3) is 0 Å². The van der Waals surface area contributed by atoms with Crippen molar-refractivity contribution in [3.05, 3.63) is 0 Å². The monoisotopic (exact) mass is 227 g/mol. The summed E-state index contributed by atoms with van der Waals surface area (Å²) >= 11 is 0. The molecule has 0 aromatic carbocycles. The molecule has 0 saturated carbocycles. The van der Waals surface area contributed by atoms with Crippen LogP contribution in [0.2, 0.25) is 0 Å². The Morgan fingerprint density at radius 1 is 1.31 bits per heavy atom. The normalized spacial score (nSPS) is 22.0. The summed E-state index contributed by atoms with van der Waals surface area (Å²) in [6, 6.07) is 0. The van der Waals surface area contributed by atoms with Crippen LogP contribution >= 0.6 is 0 Å². The maximum atomic E-state index is 11.2. The highest BCUT2D eigenvalue weighted by atomic mass is 16.3. The summed E-state index contributed by atoms with van der Waals surface area (Å²) in [6.45, 7) is 8.72. The zero-order valence-electron chi connectivity index (χ0n) is 10.8. The molecule has 1 aliphatic heterocycles. The van der Waals surface area contributed by atoms with E-state index in [1.165, 1.54) is 0 Å². The number of piperidine rings is 1. The number of hydrogen-bond acceptors (Lipinski definition) is 3. The van der Waals surface area contributed by atoms with Crippen LogP contribution in [0.15, 0.2) is 0 Å². The molecular weight excluding hydrogens is 202 g/mol. The lowest BCUT2D eigenvalue weighted by Crippen LogP contribution is -2.47. The summed E-state index contributed by atoms with van der Waals surface area (Å²) in [4.78, 5) is 13.5. The van der Waals surface area contributed by atoms with Gasteiger partial charge in [0, 0.05) is 25.0 Å². The van der Waals surface area contributed by atoms with Crippen molar-refractivity contribution in [1.82, 2.24) is 4.90 Å². The van der Waals surface area contributed by atoms with Crippen LogP contribution in [0, 0.1) is 5.41 Å². The fourth-order valence-corrected chi connectivity index (χ4v) is 2.32. The molecule has 1 fully saturated rings. The lowest BCUT2D eigenvalue weighted by molar-refractivity contribution is -0.118. The maximum Gasteiger partial charge on any atom is 0.127 e. The summed E-state index contributed by atoms with van der Waals surface area (Å²) in [6.07, 6.45) is 4.56. The quantitative estimate of drug-likeness (QED) is 0.729. The first-order valence-electron chi connectivity index (χ1n) is 6.38. The fraction of sp³-hybridized carbons (Fsp3) is 0.923. The average molecular weight is 227 g/mol. The van der Waals surface area contributed by atoms with Crippen LogP contribution in [0.5, 0.6) is 0 Å². The molecule has 0 aromatic rings. The fourth-order valence-electron chi connectivity index (χ4n) is 2.32. The van der Waals surface area contributed by atoms with Crippen LogP contribution in [0.1, 0.15) is 46.5 Å². The molecule has 1 saturated heterocycles. The Bertz CT molecular complexity index is 224. The van der Waals surface area contributed by atoms with Crippen LogP contribution in [-0.4, -0.2) is 41.5 Å². The summed E-state index contributed by atoms with van der Waals surface area (Å²) in [5.74, 6) is 0. The summed E-state index contributed by atoms with van der Waals surface area (Å²) in [5, 5.41) is 9.87. The number of aliphatic hydroxyl groups is 1. The second-order valence-electron chi connectivity index (χ2n) is 5.46. The number of nitrogens with zero attached hydrogens (tertiary/aromatic N) is 1. The molecule has 1 aliphatic rings. The maximum absolute atomic E-state index is 11.2. The van der Waals surface area contributed by atoms with Gasteiger partial charge in [-0.05, 0) is 32.6 Å². The van der Waals surface area contributed by atoms with Gasteiger partial charge in [-0.25, -0.2) is 0 Å². The van der Waals surface area contributed by atoms with E-state index in [9.17, 15) is 9.90 Å². The Morgan fingerprint density at radius 2 is 1.81 bits per heavy atom. The van der Waals surface area contributed by atoms with E-state index in [0.29, 0.717) is 0 Å². The predicted molar refractivity (Wildman–Crippen MR) is 65.4 cm³/mol. The zero-order valence-corrected chi connectivity index (χ0v) is 10.8. The molecule has 1 N–H and O–H groups in total. The molecule has 0 radical (unpaired) electrons. The van der Waals surface area contributed by atoms with Gasteiger partial charge in [0.15, 0.2) is 0 Å². The van der Waals surface area contributed by atoms with Gasteiger partial charge < -0.3 is 14.8 Å². The summed E-state index contributed by atoms with van der Waals surface area (Å²) in [5.41, 5.74) is -0.679. The second-order valence-corrected chi connectivity index (χ2v) is 5.46. The molecule has 0 amide bonds. The lowest BCUT2D eigenvalue weighted by Gasteiger charge is -2.39. The van der Waals surface area contributed by atoms with E-state index in [1.807, 2.05) is 6.92 Å². The van der Waals surface area contributed by atoms with Crippen LogP contribution in [0.3, 0.4) is 0 Å². The van der Waals surface area contributed by atoms with Crippen molar-refractivity contribution in [2.24, 2.45) is 5.41 Å². The minimum absolute atomic E-state index is 0.177. The molecule has 94 valence electrons. The van der Waals surface area contributed by atoms with Crippen molar-refractivity contribution in [1.29, 1.82) is 0 Å². The number of hydrogen-bond donors (Lipinski definition) is 1. The topological polar surface area (TPSA) is 40.5 Å². The Kier molecular flexibility index (Phi) is 4.51. The molecule has 3 heteroatoms. The van der Waals surface area contributed by atoms with E-state index in [0.717, 1.165) is 51.6 Å². The molecular formula is C13H25NO2. The third kappa shape index (κ3) is 3.29. The molecule has 0 spiro atoms. The predicted octanol–water partition coefficient (Wildman–Crippen LogP) is 1.84. The first-order chi connectivity index (χ1) is 7.47. The van der Waals surface area contributed by atoms with Crippen molar-refractivity contribution in [3.63, 3.8) is 0 Å². The first-order valence-corrected chi connectivity index (χ1v) is 6.38. The smallest absolute Gasteiger partial charge is 0.127 e. The van der Waals surface area contributed by atoms with Crippen LogP contribution < -0.4 is 0 Å².